The van der Waals surface area contributed by atoms with Crippen molar-refractivity contribution in [2.45, 2.75) is 19.6 Å². The van der Waals surface area contributed by atoms with Gasteiger partial charge in [0.25, 0.3) is 0 Å². The fourth-order valence-corrected chi connectivity index (χ4v) is 3.38. The Morgan fingerprint density at radius 1 is 0.857 bits per heavy atom. The van der Waals surface area contributed by atoms with Crippen LogP contribution in [-0.4, -0.2) is 15.6 Å². The van der Waals surface area contributed by atoms with Crippen LogP contribution in [0.5, 0.6) is 5.75 Å². The molecular weight excluding hydrogens is 350 g/mol. The second-order valence-corrected chi connectivity index (χ2v) is 6.72. The number of aromatic carboxylic acids is 1. The number of carboxylic acids is 1. The van der Waals surface area contributed by atoms with E-state index in [1.54, 1.807) is 6.07 Å². The largest absolute Gasteiger partial charge is 0.489 e. The van der Waals surface area contributed by atoms with Crippen LogP contribution in [0.4, 0.5) is 0 Å². The van der Waals surface area contributed by atoms with Gasteiger partial charge >= 0.3 is 5.97 Å². The molecule has 1 heterocycles. The van der Waals surface area contributed by atoms with Crippen LogP contribution in [0.1, 0.15) is 21.6 Å². The lowest BCUT2D eigenvalue weighted by molar-refractivity contribution is 0.0685. The highest BCUT2D eigenvalue weighted by molar-refractivity contribution is 5.95. The third-order valence-electron chi connectivity index (χ3n) is 4.81. The van der Waals surface area contributed by atoms with Crippen molar-refractivity contribution in [1.29, 1.82) is 0 Å². The van der Waals surface area contributed by atoms with Crippen LogP contribution >= 0.6 is 0 Å². The maximum atomic E-state index is 11.7. The first kappa shape index (κ1) is 17.9. The normalized spacial score (nSPS) is 10.9. The standard InChI is InChI=1S/C24H21NO3/c26-24(27)23-16-20-15-21(28-17-19-9-5-2-6-10-19)11-12-22(20)25(23)14-13-18-7-3-1-4-8-18/h1-12,15-16H,13-14,17H2,(H,26,27). The summed E-state index contributed by atoms with van der Waals surface area (Å²) >= 11 is 0. The molecule has 0 saturated heterocycles. The summed E-state index contributed by atoms with van der Waals surface area (Å²) in [5.74, 6) is -0.190. The van der Waals surface area contributed by atoms with Gasteiger partial charge in [-0.2, -0.15) is 0 Å². The molecular formula is C24H21NO3. The fourth-order valence-electron chi connectivity index (χ4n) is 3.38. The van der Waals surface area contributed by atoms with Gasteiger partial charge in [-0.05, 0) is 41.8 Å². The van der Waals surface area contributed by atoms with E-state index >= 15 is 0 Å². The number of hydrogen-bond acceptors (Lipinski definition) is 2. The number of ether oxygens (including phenoxy) is 1. The fraction of sp³-hybridized carbons (Fsp3) is 0.125. The van der Waals surface area contributed by atoms with Crippen molar-refractivity contribution in [3.63, 3.8) is 0 Å². The Morgan fingerprint density at radius 3 is 2.21 bits per heavy atom. The van der Waals surface area contributed by atoms with E-state index in [1.807, 2.05) is 71.3 Å². The lowest BCUT2D eigenvalue weighted by Crippen LogP contribution is -2.10. The second kappa shape index (κ2) is 8.01. The Hall–Kier alpha value is -3.53. The van der Waals surface area contributed by atoms with Crippen molar-refractivity contribution >= 4 is 16.9 Å². The predicted octanol–water partition coefficient (Wildman–Crippen LogP) is 5.16. The minimum Gasteiger partial charge on any atom is -0.489 e. The molecule has 1 aromatic heterocycles. The second-order valence-electron chi connectivity index (χ2n) is 6.72. The van der Waals surface area contributed by atoms with E-state index in [0.29, 0.717) is 18.8 Å². The summed E-state index contributed by atoms with van der Waals surface area (Å²) in [5, 5.41) is 10.5. The molecule has 3 aromatic carbocycles. The third kappa shape index (κ3) is 3.91. The number of aromatic nitrogens is 1. The van der Waals surface area contributed by atoms with Crippen LogP contribution in [0.2, 0.25) is 0 Å². The van der Waals surface area contributed by atoms with E-state index < -0.39 is 5.97 Å². The smallest absolute Gasteiger partial charge is 0.352 e. The molecule has 140 valence electrons. The van der Waals surface area contributed by atoms with Gasteiger partial charge in [-0.1, -0.05) is 60.7 Å². The molecule has 0 radical (unpaired) electrons. The van der Waals surface area contributed by atoms with E-state index in [4.69, 9.17) is 4.74 Å². The summed E-state index contributed by atoms with van der Waals surface area (Å²) in [7, 11) is 0. The van der Waals surface area contributed by atoms with E-state index in [-0.39, 0.29) is 0 Å². The molecule has 4 nitrogen and oxygen atoms in total. The lowest BCUT2D eigenvalue weighted by Gasteiger charge is -2.10. The van der Waals surface area contributed by atoms with Crippen LogP contribution < -0.4 is 4.74 Å². The van der Waals surface area contributed by atoms with E-state index in [0.717, 1.165) is 28.6 Å². The molecule has 0 fully saturated rings. The Labute approximate surface area is 163 Å². The van der Waals surface area contributed by atoms with E-state index in [2.05, 4.69) is 12.1 Å². The van der Waals surface area contributed by atoms with Gasteiger partial charge in [0.2, 0.25) is 0 Å². The number of carbonyl (C=O) groups is 1. The average molecular weight is 371 g/mol. The van der Waals surface area contributed by atoms with Crippen LogP contribution in [-0.2, 0) is 19.6 Å². The SMILES string of the molecule is O=C(O)c1cc2cc(OCc3ccccc3)ccc2n1CCc1ccccc1. The molecule has 0 unspecified atom stereocenters. The maximum Gasteiger partial charge on any atom is 0.352 e. The summed E-state index contributed by atoms with van der Waals surface area (Å²) in [6.07, 6.45) is 0.775. The topological polar surface area (TPSA) is 51.5 Å². The van der Waals surface area contributed by atoms with Gasteiger partial charge in [0, 0.05) is 17.4 Å². The Kier molecular flexibility index (Phi) is 5.11. The maximum absolute atomic E-state index is 11.7. The zero-order valence-corrected chi connectivity index (χ0v) is 15.4. The van der Waals surface area contributed by atoms with E-state index in [9.17, 15) is 9.90 Å². The molecule has 1 N–H and O–H groups in total. The van der Waals surface area contributed by atoms with Crippen molar-refractivity contribution in [3.05, 3.63) is 102 Å². The van der Waals surface area contributed by atoms with Crippen molar-refractivity contribution < 1.29 is 14.6 Å². The molecule has 0 saturated carbocycles. The van der Waals surface area contributed by atoms with Crippen molar-refractivity contribution in [3.8, 4) is 5.75 Å². The first-order valence-corrected chi connectivity index (χ1v) is 9.28. The monoisotopic (exact) mass is 371 g/mol. The molecule has 0 spiro atoms. The van der Waals surface area contributed by atoms with Gasteiger partial charge in [-0.15, -0.1) is 0 Å². The molecule has 4 rings (SSSR count). The predicted molar refractivity (Wildman–Crippen MR) is 110 cm³/mol. The number of fused-ring (bicyclic) bond motifs is 1. The molecule has 28 heavy (non-hydrogen) atoms. The van der Waals surface area contributed by atoms with Crippen LogP contribution in [0, 0.1) is 0 Å². The molecule has 0 aliphatic heterocycles. The number of nitrogens with zero attached hydrogens (tertiary/aromatic N) is 1. The number of benzene rings is 3. The third-order valence-corrected chi connectivity index (χ3v) is 4.81. The summed E-state index contributed by atoms with van der Waals surface area (Å²) < 4.78 is 7.75. The lowest BCUT2D eigenvalue weighted by atomic mass is 10.1. The van der Waals surface area contributed by atoms with Gasteiger partial charge in [0.1, 0.15) is 18.1 Å². The zero-order valence-electron chi connectivity index (χ0n) is 15.4. The highest BCUT2D eigenvalue weighted by atomic mass is 16.5. The number of carboxylic acid groups (broad SMARTS) is 1. The van der Waals surface area contributed by atoms with Crippen molar-refractivity contribution in [2.75, 3.05) is 0 Å². The Morgan fingerprint density at radius 2 is 1.54 bits per heavy atom. The Bertz CT molecular complexity index is 1090. The molecule has 4 heteroatoms. The van der Waals surface area contributed by atoms with Gasteiger partial charge in [0.15, 0.2) is 0 Å². The zero-order chi connectivity index (χ0) is 19.3. The first-order chi connectivity index (χ1) is 13.7. The molecule has 4 aromatic rings. The molecule has 0 bridgehead atoms. The quantitative estimate of drug-likeness (QED) is 0.488. The summed E-state index contributed by atoms with van der Waals surface area (Å²) in [6, 6.07) is 27.5. The van der Waals surface area contributed by atoms with Gasteiger partial charge in [-0.25, -0.2) is 4.79 Å². The van der Waals surface area contributed by atoms with Gasteiger partial charge in [-0.3, -0.25) is 0 Å². The van der Waals surface area contributed by atoms with Gasteiger partial charge < -0.3 is 14.4 Å². The number of hydrogen-bond donors (Lipinski definition) is 1. The van der Waals surface area contributed by atoms with Gasteiger partial charge in [0.05, 0.1) is 0 Å². The highest BCUT2D eigenvalue weighted by Crippen LogP contribution is 2.26. The van der Waals surface area contributed by atoms with Crippen molar-refractivity contribution in [1.82, 2.24) is 4.57 Å². The molecule has 0 atom stereocenters. The summed E-state index contributed by atoms with van der Waals surface area (Å²) in [6.45, 7) is 1.09. The van der Waals surface area contributed by atoms with Crippen LogP contribution in [0.15, 0.2) is 84.9 Å². The van der Waals surface area contributed by atoms with E-state index in [1.165, 1.54) is 5.56 Å². The molecule has 0 aliphatic rings. The molecule has 0 amide bonds. The summed E-state index contributed by atoms with van der Waals surface area (Å²) in [5.41, 5.74) is 3.48. The van der Waals surface area contributed by atoms with Crippen LogP contribution in [0.25, 0.3) is 10.9 Å². The van der Waals surface area contributed by atoms with Crippen LogP contribution in [0.3, 0.4) is 0 Å². The average Bonchev–Trinajstić information content (AvgIpc) is 3.10. The summed E-state index contributed by atoms with van der Waals surface area (Å²) in [4.78, 5) is 11.7. The minimum absolute atomic E-state index is 0.297. The number of aryl methyl sites for hydroxylation is 2. The van der Waals surface area contributed by atoms with Crippen molar-refractivity contribution in [2.24, 2.45) is 0 Å². The Balaban J connectivity index is 1.58. The minimum atomic E-state index is -0.920. The number of rotatable bonds is 7. The molecule has 0 aliphatic carbocycles. The first-order valence-electron chi connectivity index (χ1n) is 9.28. The highest BCUT2D eigenvalue weighted by Gasteiger charge is 2.15.